The van der Waals surface area contributed by atoms with Gasteiger partial charge in [0.2, 0.25) is 10.0 Å². The van der Waals surface area contributed by atoms with E-state index in [1.54, 1.807) is 13.0 Å². The summed E-state index contributed by atoms with van der Waals surface area (Å²) in [5.74, 6) is -1.24. The molecule has 0 aliphatic carbocycles. The zero-order valence-electron chi connectivity index (χ0n) is 11.1. The van der Waals surface area contributed by atoms with Gasteiger partial charge in [0.05, 0.1) is 10.5 Å². The lowest BCUT2D eigenvalue weighted by Crippen LogP contribution is -2.16. The summed E-state index contributed by atoms with van der Waals surface area (Å²) in [5, 5.41) is 7.55. The number of anilines is 1. The van der Waals surface area contributed by atoms with Crippen molar-refractivity contribution in [3.63, 3.8) is 0 Å². The molecule has 0 fully saturated rings. The zero-order chi connectivity index (χ0) is 15.6. The van der Waals surface area contributed by atoms with E-state index in [1.165, 1.54) is 36.4 Å². The normalized spacial score (nSPS) is 11.2. The number of nitrogens with two attached hydrogens (primary N) is 1. The minimum atomic E-state index is -3.80. The van der Waals surface area contributed by atoms with E-state index in [-0.39, 0.29) is 10.5 Å². The van der Waals surface area contributed by atoms with Crippen molar-refractivity contribution in [1.82, 2.24) is 0 Å². The Morgan fingerprint density at radius 2 is 1.86 bits per heavy atom. The number of aryl methyl sites for hydroxylation is 1. The van der Waals surface area contributed by atoms with Crippen molar-refractivity contribution in [2.24, 2.45) is 5.14 Å². The van der Waals surface area contributed by atoms with E-state index in [0.717, 1.165) is 0 Å². The molecule has 0 aromatic heterocycles. The Balaban J connectivity index is 2.29. The predicted octanol–water partition coefficient (Wildman–Crippen LogP) is 2.03. The third-order valence-corrected chi connectivity index (χ3v) is 3.80. The van der Waals surface area contributed by atoms with Gasteiger partial charge in [-0.1, -0.05) is 12.1 Å². The highest BCUT2D eigenvalue weighted by atomic mass is 32.2. The number of benzene rings is 2. The molecule has 2 aromatic rings. The van der Waals surface area contributed by atoms with E-state index in [0.29, 0.717) is 11.3 Å². The average molecular weight is 308 g/mol. The van der Waals surface area contributed by atoms with E-state index in [9.17, 15) is 17.6 Å². The van der Waals surface area contributed by atoms with Gasteiger partial charge in [0.25, 0.3) is 5.91 Å². The second-order valence-corrected chi connectivity index (χ2v) is 6.02. The number of hydrogen-bond acceptors (Lipinski definition) is 3. The van der Waals surface area contributed by atoms with E-state index in [2.05, 4.69) is 5.32 Å². The maximum absolute atomic E-state index is 13.5. The number of sulfonamides is 1. The van der Waals surface area contributed by atoms with Crippen molar-refractivity contribution < 1.29 is 17.6 Å². The van der Waals surface area contributed by atoms with Crippen molar-refractivity contribution in [2.45, 2.75) is 11.8 Å². The molecule has 2 rings (SSSR count). The van der Waals surface area contributed by atoms with Gasteiger partial charge in [0.1, 0.15) is 5.82 Å². The van der Waals surface area contributed by atoms with E-state index in [1.807, 2.05) is 0 Å². The summed E-state index contributed by atoms with van der Waals surface area (Å²) in [6.45, 7) is 1.62. The number of carbonyl (C=O) groups is 1. The van der Waals surface area contributed by atoms with Gasteiger partial charge in [-0.05, 0) is 42.8 Å². The van der Waals surface area contributed by atoms with Crippen LogP contribution in [-0.2, 0) is 10.0 Å². The summed E-state index contributed by atoms with van der Waals surface area (Å²) in [4.78, 5) is 11.9. The molecule has 0 heterocycles. The Kier molecular flexibility index (Phi) is 4.06. The molecule has 0 radical (unpaired) electrons. The number of primary sulfonamides is 1. The summed E-state index contributed by atoms with van der Waals surface area (Å²) in [6, 6.07) is 9.61. The van der Waals surface area contributed by atoms with Gasteiger partial charge in [-0.3, -0.25) is 4.79 Å². The Morgan fingerprint density at radius 3 is 2.43 bits per heavy atom. The smallest absolute Gasteiger partial charge is 0.258 e. The molecule has 0 aliphatic heterocycles. The molecule has 5 nitrogen and oxygen atoms in total. The summed E-state index contributed by atoms with van der Waals surface area (Å²) in [5.41, 5.74) is 0.800. The third kappa shape index (κ3) is 3.45. The van der Waals surface area contributed by atoms with Gasteiger partial charge in [-0.2, -0.15) is 0 Å². The number of nitrogens with one attached hydrogen (secondary N) is 1. The first-order valence-electron chi connectivity index (χ1n) is 5.98. The minimum Gasteiger partial charge on any atom is -0.322 e. The highest BCUT2D eigenvalue weighted by molar-refractivity contribution is 7.89. The summed E-state index contributed by atoms with van der Waals surface area (Å²) in [7, 11) is -3.80. The number of halogens is 1. The molecule has 0 spiro atoms. The van der Waals surface area contributed by atoms with Crippen LogP contribution in [0.5, 0.6) is 0 Å². The van der Waals surface area contributed by atoms with Crippen LogP contribution < -0.4 is 10.5 Å². The van der Waals surface area contributed by atoms with Gasteiger partial charge in [0.15, 0.2) is 0 Å². The first kappa shape index (κ1) is 15.1. The minimum absolute atomic E-state index is 0.0520. The molecule has 110 valence electrons. The summed E-state index contributed by atoms with van der Waals surface area (Å²) >= 11 is 0. The lowest BCUT2D eigenvalue weighted by molar-refractivity contribution is 0.102. The highest BCUT2D eigenvalue weighted by Gasteiger charge is 2.14. The molecule has 0 bridgehead atoms. The monoisotopic (exact) mass is 308 g/mol. The molecule has 3 N–H and O–H groups in total. The predicted molar refractivity (Wildman–Crippen MR) is 76.9 cm³/mol. The van der Waals surface area contributed by atoms with Crippen LogP contribution in [0.4, 0.5) is 10.1 Å². The quantitative estimate of drug-likeness (QED) is 0.909. The molecule has 0 atom stereocenters. The van der Waals surface area contributed by atoms with Crippen molar-refractivity contribution in [1.29, 1.82) is 0 Å². The van der Waals surface area contributed by atoms with Gasteiger partial charge in [-0.15, -0.1) is 0 Å². The Labute approximate surface area is 121 Å². The molecule has 7 heteroatoms. The second kappa shape index (κ2) is 5.63. The fourth-order valence-electron chi connectivity index (χ4n) is 1.79. The summed E-state index contributed by atoms with van der Waals surface area (Å²) < 4.78 is 36.0. The van der Waals surface area contributed by atoms with Crippen LogP contribution in [0.25, 0.3) is 0 Å². The second-order valence-electron chi connectivity index (χ2n) is 4.46. The van der Waals surface area contributed by atoms with Gasteiger partial charge < -0.3 is 5.32 Å². The Morgan fingerprint density at radius 1 is 1.19 bits per heavy atom. The fraction of sp³-hybridized carbons (Fsp3) is 0.0714. The van der Waals surface area contributed by atoms with Crippen LogP contribution in [-0.4, -0.2) is 14.3 Å². The van der Waals surface area contributed by atoms with Crippen LogP contribution >= 0.6 is 0 Å². The van der Waals surface area contributed by atoms with Crippen molar-refractivity contribution in [3.05, 3.63) is 59.4 Å². The molecule has 21 heavy (non-hydrogen) atoms. The van der Waals surface area contributed by atoms with E-state index >= 15 is 0 Å². The van der Waals surface area contributed by atoms with Gasteiger partial charge in [-0.25, -0.2) is 17.9 Å². The van der Waals surface area contributed by atoms with Gasteiger partial charge in [0, 0.05) is 5.69 Å². The lowest BCUT2D eigenvalue weighted by atomic mass is 10.1. The average Bonchev–Trinajstić information content (AvgIpc) is 2.40. The first-order chi connectivity index (χ1) is 9.79. The number of rotatable bonds is 3. The number of amides is 1. The lowest BCUT2D eigenvalue weighted by Gasteiger charge is -2.10. The van der Waals surface area contributed by atoms with Crippen LogP contribution in [0.3, 0.4) is 0 Å². The maximum Gasteiger partial charge on any atom is 0.258 e. The highest BCUT2D eigenvalue weighted by Crippen LogP contribution is 2.20. The fourth-order valence-corrected chi connectivity index (χ4v) is 2.39. The third-order valence-electron chi connectivity index (χ3n) is 2.89. The Bertz CT molecular complexity index is 804. The SMILES string of the molecule is Cc1cc(S(N)(=O)=O)ccc1NC(=O)c1ccccc1F. The summed E-state index contributed by atoms with van der Waals surface area (Å²) in [6.07, 6.45) is 0. The van der Waals surface area contributed by atoms with Crippen LogP contribution in [0.15, 0.2) is 47.4 Å². The van der Waals surface area contributed by atoms with Crippen LogP contribution in [0.2, 0.25) is 0 Å². The molecular formula is C14H13FN2O3S. The molecule has 0 saturated heterocycles. The van der Waals surface area contributed by atoms with Crippen LogP contribution in [0.1, 0.15) is 15.9 Å². The van der Waals surface area contributed by atoms with Crippen molar-refractivity contribution >= 4 is 21.6 Å². The molecule has 0 aliphatic rings. The van der Waals surface area contributed by atoms with E-state index < -0.39 is 21.7 Å². The molecular weight excluding hydrogens is 295 g/mol. The molecule has 1 amide bonds. The largest absolute Gasteiger partial charge is 0.322 e. The number of hydrogen-bond donors (Lipinski definition) is 2. The van der Waals surface area contributed by atoms with Crippen LogP contribution in [0, 0.1) is 12.7 Å². The van der Waals surface area contributed by atoms with Gasteiger partial charge >= 0.3 is 0 Å². The molecule has 2 aromatic carbocycles. The first-order valence-corrected chi connectivity index (χ1v) is 7.53. The zero-order valence-corrected chi connectivity index (χ0v) is 11.9. The topological polar surface area (TPSA) is 89.3 Å². The maximum atomic E-state index is 13.5. The molecule has 0 unspecified atom stereocenters. The standard InChI is InChI=1S/C14H13FN2O3S/c1-9-8-10(21(16,19)20)6-7-13(9)17-14(18)11-4-2-3-5-12(11)15/h2-8H,1H3,(H,17,18)(H2,16,19,20). The van der Waals surface area contributed by atoms with Crippen molar-refractivity contribution in [3.8, 4) is 0 Å². The Hall–Kier alpha value is -2.25. The van der Waals surface area contributed by atoms with E-state index in [4.69, 9.17) is 5.14 Å². The number of carbonyl (C=O) groups excluding carboxylic acids is 1. The van der Waals surface area contributed by atoms with Crippen molar-refractivity contribution in [2.75, 3.05) is 5.32 Å². The molecule has 0 saturated carbocycles.